The Kier molecular flexibility index (Phi) is 0.526. The molecule has 0 aromatic heterocycles. The molecule has 0 spiro atoms. The summed E-state index contributed by atoms with van der Waals surface area (Å²) in [7, 11) is 0. The molecule has 1 rings (SSSR count). The lowest BCUT2D eigenvalue weighted by Gasteiger charge is -2.08. The molecule has 0 aromatic rings. The SMILES string of the molecule is [2H]C1([2H])CC(=O)NC([2H])([2H])C1=O. The fraction of sp³-hybridized carbons (Fsp3) is 0.600. The van der Waals surface area contributed by atoms with Gasteiger partial charge in [-0.15, -0.1) is 0 Å². The van der Waals surface area contributed by atoms with E-state index in [4.69, 9.17) is 5.48 Å². The van der Waals surface area contributed by atoms with Gasteiger partial charge >= 0.3 is 0 Å². The van der Waals surface area contributed by atoms with E-state index in [1.807, 2.05) is 0 Å². The summed E-state index contributed by atoms with van der Waals surface area (Å²) < 4.78 is 28.0. The summed E-state index contributed by atoms with van der Waals surface area (Å²) in [6, 6.07) is 0. The molecule has 0 radical (unpaired) electrons. The quantitative estimate of drug-likeness (QED) is 0.463. The standard InChI is InChI=1S/C5H7NO2/c7-4-1-2-5(8)6-3-4/h1-3H2,(H,6,8)/i1D2,3D2. The second kappa shape index (κ2) is 1.94. The molecule has 1 saturated heterocycles. The molecule has 3 heteroatoms. The minimum absolute atomic E-state index is 0.606. The van der Waals surface area contributed by atoms with Crippen LogP contribution in [0.5, 0.6) is 0 Å². The van der Waals surface area contributed by atoms with Gasteiger partial charge in [-0.2, -0.15) is 0 Å². The molecule has 44 valence electrons. The summed E-state index contributed by atoms with van der Waals surface area (Å²) in [6.07, 6.45) is -2.99. The Bertz CT molecular complexity index is 228. The number of piperidine rings is 1. The van der Waals surface area contributed by atoms with E-state index in [9.17, 15) is 9.59 Å². The molecule has 1 aliphatic heterocycles. The van der Waals surface area contributed by atoms with Crippen molar-refractivity contribution in [3.05, 3.63) is 0 Å². The van der Waals surface area contributed by atoms with Gasteiger partial charge in [-0.05, 0) is 0 Å². The van der Waals surface area contributed by atoms with Crippen LogP contribution < -0.4 is 5.32 Å². The van der Waals surface area contributed by atoms with Crippen molar-refractivity contribution in [1.29, 1.82) is 0 Å². The molecule has 1 heterocycles. The molecule has 1 aliphatic rings. The number of Topliss-reactive ketones (excluding diaryl/α,β-unsaturated/α-hetero) is 1. The van der Waals surface area contributed by atoms with Gasteiger partial charge in [0.05, 0.1) is 9.24 Å². The van der Waals surface area contributed by atoms with Gasteiger partial charge in [0.15, 0.2) is 5.78 Å². The zero-order chi connectivity index (χ0) is 9.57. The largest absolute Gasteiger partial charge is 0.349 e. The van der Waals surface area contributed by atoms with Crippen LogP contribution in [0.4, 0.5) is 0 Å². The van der Waals surface area contributed by atoms with Gasteiger partial charge in [0.2, 0.25) is 5.91 Å². The van der Waals surface area contributed by atoms with Crippen LogP contribution in [0.25, 0.3) is 0 Å². The smallest absolute Gasteiger partial charge is 0.220 e. The summed E-state index contributed by atoms with van der Waals surface area (Å²) in [5.74, 6) is -2.01. The summed E-state index contributed by atoms with van der Waals surface area (Å²) in [6.45, 7) is -2.57. The summed E-state index contributed by atoms with van der Waals surface area (Å²) in [5, 5.41) is 1.77. The number of carbonyl (C=O) groups excluding carboxylic acids is 2. The number of amides is 1. The van der Waals surface area contributed by atoms with Crippen LogP contribution in [0.2, 0.25) is 0 Å². The molecule has 0 atom stereocenters. The zero-order valence-corrected chi connectivity index (χ0v) is 4.02. The van der Waals surface area contributed by atoms with Gasteiger partial charge in [0.1, 0.15) is 0 Å². The van der Waals surface area contributed by atoms with Crippen LogP contribution in [0.1, 0.15) is 18.3 Å². The molecule has 1 N–H and O–H groups in total. The van der Waals surface area contributed by atoms with Crippen LogP contribution >= 0.6 is 0 Å². The maximum Gasteiger partial charge on any atom is 0.220 e. The van der Waals surface area contributed by atoms with Crippen LogP contribution in [-0.2, 0) is 9.59 Å². The van der Waals surface area contributed by atoms with E-state index >= 15 is 0 Å². The molecule has 8 heavy (non-hydrogen) atoms. The molecule has 1 fully saturated rings. The van der Waals surface area contributed by atoms with E-state index in [2.05, 4.69) is 0 Å². The number of nitrogens with one attached hydrogen (secondary N) is 1. The first-order chi connectivity index (χ1) is 5.26. The van der Waals surface area contributed by atoms with Gasteiger partial charge in [-0.1, -0.05) is 0 Å². The monoisotopic (exact) mass is 117 g/mol. The van der Waals surface area contributed by atoms with Gasteiger partial charge in [-0.25, -0.2) is 0 Å². The molecule has 0 unspecified atom stereocenters. The van der Waals surface area contributed by atoms with E-state index in [1.54, 1.807) is 5.32 Å². The minimum Gasteiger partial charge on any atom is -0.349 e. The minimum atomic E-state index is -2.57. The van der Waals surface area contributed by atoms with Gasteiger partial charge in [0, 0.05) is 15.5 Å². The summed E-state index contributed by atoms with van der Waals surface area (Å²) in [5.41, 5.74) is 0. The van der Waals surface area contributed by atoms with Crippen molar-refractivity contribution in [3.63, 3.8) is 0 Å². The lowest BCUT2D eigenvalue weighted by Crippen LogP contribution is -2.34. The van der Waals surface area contributed by atoms with Gasteiger partial charge < -0.3 is 5.32 Å². The molecule has 0 bridgehead atoms. The number of hydrogen-bond acceptors (Lipinski definition) is 2. The Morgan fingerprint density at radius 3 is 3.00 bits per heavy atom. The zero-order valence-electron chi connectivity index (χ0n) is 8.02. The fourth-order valence-corrected chi connectivity index (χ4v) is 0.375. The number of ketones is 1. The maximum absolute atomic E-state index is 10.9. The lowest BCUT2D eigenvalue weighted by atomic mass is 10.1. The second-order valence-corrected chi connectivity index (χ2v) is 1.36. The van der Waals surface area contributed by atoms with Gasteiger partial charge in [-0.3, -0.25) is 9.59 Å². The predicted octanol–water partition coefficient (Wildman–Crippen LogP) is -0.535. The fourth-order valence-electron chi connectivity index (χ4n) is 0.375. The van der Waals surface area contributed by atoms with E-state index in [0.29, 0.717) is 0 Å². The number of carbonyl (C=O) groups is 2. The Morgan fingerprint density at radius 2 is 2.38 bits per heavy atom. The Balaban J connectivity index is 2.99. The molecule has 0 aromatic carbocycles. The van der Waals surface area contributed by atoms with Crippen LogP contribution in [0, 0.1) is 0 Å². The molecule has 3 nitrogen and oxygen atoms in total. The normalized spacial score (nSPS) is 40.5. The van der Waals surface area contributed by atoms with Crippen molar-refractivity contribution in [2.75, 3.05) is 6.50 Å². The Labute approximate surface area is 52.7 Å². The van der Waals surface area contributed by atoms with Crippen molar-refractivity contribution in [2.24, 2.45) is 0 Å². The van der Waals surface area contributed by atoms with Crippen LogP contribution in [0.15, 0.2) is 0 Å². The number of hydrogen-bond donors (Lipinski definition) is 1. The first-order valence-electron chi connectivity index (χ1n) is 4.12. The molecular formula is C5H7NO2. The molecule has 1 amide bonds. The van der Waals surface area contributed by atoms with E-state index in [-0.39, 0.29) is 0 Å². The van der Waals surface area contributed by atoms with Crippen LogP contribution in [-0.4, -0.2) is 18.2 Å². The third kappa shape index (κ3) is 1.05. The topological polar surface area (TPSA) is 46.2 Å². The highest BCUT2D eigenvalue weighted by molar-refractivity contribution is 5.92. The first-order valence-corrected chi connectivity index (χ1v) is 2.12. The van der Waals surface area contributed by atoms with Gasteiger partial charge in [0.25, 0.3) is 0 Å². The highest BCUT2D eigenvalue weighted by Gasteiger charge is 2.12. The van der Waals surface area contributed by atoms with Crippen molar-refractivity contribution in [2.45, 2.75) is 12.8 Å². The summed E-state index contributed by atoms with van der Waals surface area (Å²) in [4.78, 5) is 21.6. The van der Waals surface area contributed by atoms with Crippen molar-refractivity contribution >= 4 is 11.7 Å². The third-order valence-corrected chi connectivity index (χ3v) is 0.725. The van der Waals surface area contributed by atoms with Crippen molar-refractivity contribution in [1.82, 2.24) is 5.32 Å². The highest BCUT2D eigenvalue weighted by Crippen LogP contribution is 1.95. The third-order valence-electron chi connectivity index (χ3n) is 0.725. The van der Waals surface area contributed by atoms with E-state index in [1.165, 1.54) is 0 Å². The van der Waals surface area contributed by atoms with Crippen LogP contribution in [0.3, 0.4) is 0 Å². The lowest BCUT2D eigenvalue weighted by molar-refractivity contribution is -0.129. The maximum atomic E-state index is 10.9. The highest BCUT2D eigenvalue weighted by atomic mass is 16.2. The second-order valence-electron chi connectivity index (χ2n) is 1.36. The summed E-state index contributed by atoms with van der Waals surface area (Å²) >= 11 is 0. The average Bonchev–Trinajstić information content (AvgIpc) is 1.80. The first kappa shape index (κ1) is 2.17. The Morgan fingerprint density at radius 1 is 1.62 bits per heavy atom. The Hall–Kier alpha value is -0.860. The average molecular weight is 117 g/mol. The van der Waals surface area contributed by atoms with E-state index < -0.39 is 31.0 Å². The number of rotatable bonds is 0. The van der Waals surface area contributed by atoms with Crippen molar-refractivity contribution in [3.8, 4) is 0 Å². The predicted molar refractivity (Wildman–Crippen MR) is 27.3 cm³/mol. The van der Waals surface area contributed by atoms with Crippen molar-refractivity contribution < 1.29 is 15.1 Å². The van der Waals surface area contributed by atoms with E-state index in [0.717, 1.165) is 0 Å². The molecular weight excluding hydrogens is 106 g/mol. The molecule has 0 saturated carbocycles. The molecule has 0 aliphatic carbocycles.